The van der Waals surface area contributed by atoms with Crippen LogP contribution < -0.4 is 5.32 Å². The molecule has 0 aliphatic heterocycles. The molecular formula is C15H22ClN. The average Bonchev–Trinajstić information content (AvgIpc) is 2.30. The minimum absolute atomic E-state index is 0.819. The van der Waals surface area contributed by atoms with Crippen molar-refractivity contribution in [3.63, 3.8) is 0 Å². The smallest absolute Gasteiger partial charge is 0.0410 e. The number of aryl methyl sites for hydroxylation is 1. The quantitative estimate of drug-likeness (QED) is 0.807. The van der Waals surface area contributed by atoms with Crippen molar-refractivity contribution < 1.29 is 0 Å². The van der Waals surface area contributed by atoms with Crippen LogP contribution in [0.15, 0.2) is 18.2 Å². The summed E-state index contributed by atoms with van der Waals surface area (Å²) in [5.74, 6) is 1.78. The monoisotopic (exact) mass is 251 g/mol. The molecule has 1 N–H and O–H groups in total. The Morgan fingerprint density at radius 2 is 1.94 bits per heavy atom. The first-order valence-corrected chi connectivity index (χ1v) is 7.03. The molecule has 0 amide bonds. The highest BCUT2D eigenvalue weighted by atomic mass is 35.5. The second kappa shape index (κ2) is 5.77. The van der Waals surface area contributed by atoms with E-state index in [1.165, 1.54) is 36.9 Å². The lowest BCUT2D eigenvalue weighted by molar-refractivity contribution is 0.300. The minimum atomic E-state index is 0.819. The maximum absolute atomic E-state index is 5.95. The van der Waals surface area contributed by atoms with Gasteiger partial charge in [0.2, 0.25) is 0 Å². The fourth-order valence-electron chi connectivity index (χ4n) is 2.61. The highest BCUT2D eigenvalue weighted by Crippen LogP contribution is 2.29. The summed E-state index contributed by atoms with van der Waals surface area (Å²) in [7, 11) is 0. The summed E-state index contributed by atoms with van der Waals surface area (Å²) in [5.41, 5.74) is 2.47. The van der Waals surface area contributed by atoms with Crippen molar-refractivity contribution in [2.75, 3.05) is 11.9 Å². The molecule has 94 valence electrons. The van der Waals surface area contributed by atoms with E-state index in [4.69, 9.17) is 11.6 Å². The van der Waals surface area contributed by atoms with Crippen molar-refractivity contribution in [1.29, 1.82) is 0 Å². The molecule has 0 atom stereocenters. The zero-order valence-electron chi connectivity index (χ0n) is 10.8. The van der Waals surface area contributed by atoms with E-state index in [2.05, 4.69) is 25.2 Å². The summed E-state index contributed by atoms with van der Waals surface area (Å²) < 4.78 is 0. The molecule has 0 unspecified atom stereocenters. The van der Waals surface area contributed by atoms with Crippen molar-refractivity contribution in [2.45, 2.75) is 39.5 Å². The zero-order chi connectivity index (χ0) is 12.3. The van der Waals surface area contributed by atoms with Crippen LogP contribution in [0.5, 0.6) is 0 Å². The van der Waals surface area contributed by atoms with Crippen molar-refractivity contribution in [3.8, 4) is 0 Å². The van der Waals surface area contributed by atoms with Crippen LogP contribution in [0.1, 0.15) is 38.2 Å². The van der Waals surface area contributed by atoms with Gasteiger partial charge in [-0.05, 0) is 55.4 Å². The predicted octanol–water partition coefficient (Wildman–Crippen LogP) is 4.89. The largest absolute Gasteiger partial charge is 0.385 e. The molecule has 17 heavy (non-hydrogen) atoms. The number of hydrogen-bond acceptors (Lipinski definition) is 1. The minimum Gasteiger partial charge on any atom is -0.385 e. The van der Waals surface area contributed by atoms with Crippen LogP contribution in [0.2, 0.25) is 5.02 Å². The van der Waals surface area contributed by atoms with E-state index in [-0.39, 0.29) is 0 Å². The maximum Gasteiger partial charge on any atom is 0.0410 e. The molecule has 1 aromatic rings. The summed E-state index contributed by atoms with van der Waals surface area (Å²) in [6.07, 6.45) is 5.54. The summed E-state index contributed by atoms with van der Waals surface area (Å²) in [4.78, 5) is 0. The summed E-state index contributed by atoms with van der Waals surface area (Å²) in [6, 6.07) is 6.07. The number of anilines is 1. The Morgan fingerprint density at radius 1 is 1.24 bits per heavy atom. The lowest BCUT2D eigenvalue weighted by atomic mass is 9.83. The van der Waals surface area contributed by atoms with Crippen LogP contribution in [0, 0.1) is 18.8 Å². The van der Waals surface area contributed by atoms with Crippen molar-refractivity contribution in [2.24, 2.45) is 11.8 Å². The Bertz CT molecular complexity index is 367. The zero-order valence-corrected chi connectivity index (χ0v) is 11.6. The molecule has 0 aromatic heterocycles. The molecule has 2 heteroatoms. The number of rotatable bonds is 3. The van der Waals surface area contributed by atoms with Crippen LogP contribution in [0.25, 0.3) is 0 Å². The number of halogens is 1. The second-order valence-corrected chi connectivity index (χ2v) is 5.90. The molecule has 1 aliphatic carbocycles. The summed E-state index contributed by atoms with van der Waals surface area (Å²) >= 11 is 5.95. The number of benzene rings is 1. The van der Waals surface area contributed by atoms with Crippen molar-refractivity contribution >= 4 is 17.3 Å². The van der Waals surface area contributed by atoms with Gasteiger partial charge < -0.3 is 5.32 Å². The lowest BCUT2D eigenvalue weighted by Crippen LogP contribution is -2.20. The van der Waals surface area contributed by atoms with Crippen molar-refractivity contribution in [1.82, 2.24) is 0 Å². The fraction of sp³-hybridized carbons (Fsp3) is 0.600. The Morgan fingerprint density at radius 3 is 2.59 bits per heavy atom. The third kappa shape index (κ3) is 3.64. The van der Waals surface area contributed by atoms with Crippen LogP contribution in [-0.4, -0.2) is 6.54 Å². The molecule has 0 spiro atoms. The van der Waals surface area contributed by atoms with E-state index < -0.39 is 0 Å². The normalized spacial score (nSPS) is 24.6. The third-order valence-electron chi connectivity index (χ3n) is 3.91. The molecular weight excluding hydrogens is 230 g/mol. The summed E-state index contributed by atoms with van der Waals surface area (Å²) in [5, 5.41) is 4.39. The lowest BCUT2D eigenvalue weighted by Gasteiger charge is -2.26. The molecule has 0 radical (unpaired) electrons. The van der Waals surface area contributed by atoms with E-state index in [0.717, 1.165) is 23.4 Å². The van der Waals surface area contributed by atoms with Gasteiger partial charge in [0, 0.05) is 17.3 Å². The van der Waals surface area contributed by atoms with E-state index in [0.29, 0.717) is 0 Å². The van der Waals surface area contributed by atoms with Gasteiger partial charge in [0.05, 0.1) is 0 Å². The van der Waals surface area contributed by atoms with Gasteiger partial charge in [-0.25, -0.2) is 0 Å². The second-order valence-electron chi connectivity index (χ2n) is 5.47. The van der Waals surface area contributed by atoms with Gasteiger partial charge in [0.1, 0.15) is 0 Å². The van der Waals surface area contributed by atoms with Gasteiger partial charge in [-0.15, -0.1) is 0 Å². The van der Waals surface area contributed by atoms with E-state index in [9.17, 15) is 0 Å². The van der Waals surface area contributed by atoms with Gasteiger partial charge in [-0.1, -0.05) is 31.4 Å². The Kier molecular flexibility index (Phi) is 4.33. The first kappa shape index (κ1) is 12.8. The standard InChI is InChI=1S/C15H22ClN/c1-11-3-5-13(6-4-11)10-17-15-8-7-14(16)9-12(15)2/h7-9,11,13,17H,3-6,10H2,1-2H3. The Hall–Kier alpha value is -0.690. The SMILES string of the molecule is Cc1cc(Cl)ccc1NCC1CCC(C)CC1. The molecule has 0 heterocycles. The van der Waals surface area contributed by atoms with Gasteiger partial charge in [-0.3, -0.25) is 0 Å². The molecule has 1 nitrogen and oxygen atoms in total. The molecule has 0 bridgehead atoms. The van der Waals surface area contributed by atoms with E-state index >= 15 is 0 Å². The molecule has 2 rings (SSSR count). The van der Waals surface area contributed by atoms with Crippen LogP contribution in [0.4, 0.5) is 5.69 Å². The number of hydrogen-bond donors (Lipinski definition) is 1. The van der Waals surface area contributed by atoms with E-state index in [1.54, 1.807) is 0 Å². The molecule has 1 aliphatic rings. The third-order valence-corrected chi connectivity index (χ3v) is 4.14. The highest BCUT2D eigenvalue weighted by molar-refractivity contribution is 6.30. The van der Waals surface area contributed by atoms with Gasteiger partial charge >= 0.3 is 0 Å². The van der Waals surface area contributed by atoms with Crippen LogP contribution in [-0.2, 0) is 0 Å². The first-order valence-electron chi connectivity index (χ1n) is 6.65. The van der Waals surface area contributed by atoms with Gasteiger partial charge in [0.15, 0.2) is 0 Å². The summed E-state index contributed by atoms with van der Waals surface area (Å²) in [6.45, 7) is 5.58. The topological polar surface area (TPSA) is 12.0 Å². The molecule has 1 saturated carbocycles. The van der Waals surface area contributed by atoms with E-state index in [1.807, 2.05) is 12.1 Å². The Balaban J connectivity index is 1.85. The molecule has 1 fully saturated rings. The van der Waals surface area contributed by atoms with Crippen LogP contribution in [0.3, 0.4) is 0 Å². The maximum atomic E-state index is 5.95. The number of nitrogens with one attached hydrogen (secondary N) is 1. The Labute approximate surface area is 110 Å². The average molecular weight is 252 g/mol. The fourth-order valence-corrected chi connectivity index (χ4v) is 2.84. The first-order chi connectivity index (χ1) is 8.15. The predicted molar refractivity (Wildman–Crippen MR) is 75.8 cm³/mol. The highest BCUT2D eigenvalue weighted by Gasteiger charge is 2.17. The van der Waals surface area contributed by atoms with Gasteiger partial charge in [-0.2, -0.15) is 0 Å². The van der Waals surface area contributed by atoms with Crippen molar-refractivity contribution in [3.05, 3.63) is 28.8 Å². The molecule has 0 saturated heterocycles. The van der Waals surface area contributed by atoms with Crippen LogP contribution >= 0.6 is 11.6 Å². The molecule has 1 aromatic carbocycles. The van der Waals surface area contributed by atoms with Gasteiger partial charge in [0.25, 0.3) is 0 Å².